The van der Waals surface area contributed by atoms with Crippen LogP contribution in [0, 0.1) is 25.2 Å². The molecule has 0 aliphatic carbocycles. The standard InChI is InChI=1S/C15H17N3O/c1-11-14(12(2)19-18-11)10-17-15(8-9-16)13-6-4-3-5-7-13/h3-7,15,17H,8,10H2,1-2H3. The molecule has 0 fully saturated rings. The van der Waals surface area contributed by atoms with Crippen molar-refractivity contribution >= 4 is 0 Å². The van der Waals surface area contributed by atoms with Gasteiger partial charge in [-0.3, -0.25) is 0 Å². The van der Waals surface area contributed by atoms with Gasteiger partial charge in [-0.2, -0.15) is 5.26 Å². The van der Waals surface area contributed by atoms with E-state index in [4.69, 9.17) is 9.78 Å². The quantitative estimate of drug-likeness (QED) is 0.892. The lowest BCUT2D eigenvalue weighted by molar-refractivity contribution is 0.391. The summed E-state index contributed by atoms with van der Waals surface area (Å²) in [6.07, 6.45) is 0.438. The van der Waals surface area contributed by atoms with Crippen molar-refractivity contribution in [2.75, 3.05) is 0 Å². The third-order valence-electron chi connectivity index (χ3n) is 3.20. The highest BCUT2D eigenvalue weighted by atomic mass is 16.5. The fraction of sp³-hybridized carbons (Fsp3) is 0.333. The zero-order valence-electron chi connectivity index (χ0n) is 11.2. The second-order valence-corrected chi connectivity index (χ2v) is 4.51. The van der Waals surface area contributed by atoms with Crippen molar-refractivity contribution in [2.24, 2.45) is 0 Å². The lowest BCUT2D eigenvalue weighted by Gasteiger charge is -2.16. The molecule has 1 atom stereocenters. The summed E-state index contributed by atoms with van der Waals surface area (Å²) >= 11 is 0. The van der Waals surface area contributed by atoms with Gasteiger partial charge in [0.15, 0.2) is 0 Å². The van der Waals surface area contributed by atoms with E-state index < -0.39 is 0 Å². The molecule has 1 aromatic heterocycles. The summed E-state index contributed by atoms with van der Waals surface area (Å²) in [6, 6.07) is 12.3. The zero-order valence-corrected chi connectivity index (χ0v) is 11.2. The van der Waals surface area contributed by atoms with E-state index >= 15 is 0 Å². The van der Waals surface area contributed by atoms with Crippen LogP contribution in [0.5, 0.6) is 0 Å². The normalized spacial score (nSPS) is 12.1. The number of nitrogens with zero attached hydrogens (tertiary/aromatic N) is 2. The summed E-state index contributed by atoms with van der Waals surface area (Å²) in [6.45, 7) is 4.48. The molecule has 2 rings (SSSR count). The molecule has 1 unspecified atom stereocenters. The molecule has 4 nitrogen and oxygen atoms in total. The van der Waals surface area contributed by atoms with E-state index in [1.54, 1.807) is 0 Å². The first kappa shape index (κ1) is 13.3. The fourth-order valence-electron chi connectivity index (χ4n) is 2.06. The van der Waals surface area contributed by atoms with Crippen LogP contribution in [0.2, 0.25) is 0 Å². The molecule has 0 aliphatic rings. The van der Waals surface area contributed by atoms with Crippen molar-refractivity contribution in [3.05, 3.63) is 52.9 Å². The molecule has 0 aliphatic heterocycles. The van der Waals surface area contributed by atoms with Crippen LogP contribution >= 0.6 is 0 Å². The van der Waals surface area contributed by atoms with E-state index in [0.29, 0.717) is 13.0 Å². The molecular formula is C15H17N3O. The Morgan fingerprint density at radius 2 is 2.05 bits per heavy atom. The lowest BCUT2D eigenvalue weighted by atomic mass is 10.0. The van der Waals surface area contributed by atoms with Gasteiger partial charge in [0.25, 0.3) is 0 Å². The molecule has 19 heavy (non-hydrogen) atoms. The van der Waals surface area contributed by atoms with Gasteiger partial charge in [-0.15, -0.1) is 0 Å². The van der Waals surface area contributed by atoms with Crippen molar-refractivity contribution in [1.82, 2.24) is 10.5 Å². The molecule has 1 N–H and O–H groups in total. The van der Waals surface area contributed by atoms with Gasteiger partial charge in [0.2, 0.25) is 0 Å². The Morgan fingerprint density at radius 3 is 2.63 bits per heavy atom. The van der Waals surface area contributed by atoms with Gasteiger partial charge in [0.1, 0.15) is 5.76 Å². The number of aromatic nitrogens is 1. The van der Waals surface area contributed by atoms with Gasteiger partial charge < -0.3 is 9.84 Å². The molecule has 1 aromatic carbocycles. The highest BCUT2D eigenvalue weighted by Crippen LogP contribution is 2.18. The Balaban J connectivity index is 2.09. The van der Waals surface area contributed by atoms with Gasteiger partial charge in [0.05, 0.1) is 18.2 Å². The Labute approximate surface area is 113 Å². The number of rotatable bonds is 5. The highest BCUT2D eigenvalue weighted by Gasteiger charge is 2.13. The number of hydrogen-bond donors (Lipinski definition) is 1. The summed E-state index contributed by atoms with van der Waals surface area (Å²) in [5.41, 5.74) is 3.09. The maximum absolute atomic E-state index is 8.94. The maximum atomic E-state index is 8.94. The Kier molecular flexibility index (Phi) is 4.32. The Bertz CT molecular complexity index is 549. The van der Waals surface area contributed by atoms with E-state index in [1.807, 2.05) is 44.2 Å². The van der Waals surface area contributed by atoms with Gasteiger partial charge >= 0.3 is 0 Å². The van der Waals surface area contributed by atoms with Crippen molar-refractivity contribution < 1.29 is 4.52 Å². The predicted octanol–water partition coefficient (Wildman–Crippen LogP) is 3.04. The van der Waals surface area contributed by atoms with E-state index in [9.17, 15) is 0 Å². The first-order valence-electron chi connectivity index (χ1n) is 6.29. The molecule has 0 saturated heterocycles. The first-order chi connectivity index (χ1) is 9.22. The van der Waals surface area contributed by atoms with Gasteiger partial charge in [0, 0.05) is 18.2 Å². The molecule has 98 valence electrons. The Hall–Kier alpha value is -2.12. The van der Waals surface area contributed by atoms with Gasteiger partial charge in [-0.1, -0.05) is 35.5 Å². The van der Waals surface area contributed by atoms with Gasteiger partial charge in [-0.25, -0.2) is 0 Å². The monoisotopic (exact) mass is 255 g/mol. The van der Waals surface area contributed by atoms with Crippen molar-refractivity contribution in [1.29, 1.82) is 5.26 Å². The fourth-order valence-corrected chi connectivity index (χ4v) is 2.06. The molecule has 0 bridgehead atoms. The summed E-state index contributed by atoms with van der Waals surface area (Å²) in [4.78, 5) is 0. The minimum atomic E-state index is 0.0277. The first-order valence-corrected chi connectivity index (χ1v) is 6.29. The van der Waals surface area contributed by atoms with Crippen LogP contribution in [0.25, 0.3) is 0 Å². The number of nitriles is 1. The second-order valence-electron chi connectivity index (χ2n) is 4.51. The second kappa shape index (κ2) is 6.17. The molecule has 0 amide bonds. The molecule has 4 heteroatoms. The Morgan fingerprint density at radius 1 is 1.32 bits per heavy atom. The van der Waals surface area contributed by atoms with Crippen LogP contribution in [-0.4, -0.2) is 5.16 Å². The van der Waals surface area contributed by atoms with Crippen molar-refractivity contribution in [2.45, 2.75) is 32.9 Å². The van der Waals surface area contributed by atoms with E-state index in [0.717, 1.165) is 22.6 Å². The molecule has 0 saturated carbocycles. The zero-order chi connectivity index (χ0) is 13.7. The summed E-state index contributed by atoms with van der Waals surface area (Å²) < 4.78 is 5.14. The van der Waals surface area contributed by atoms with Crippen LogP contribution in [0.4, 0.5) is 0 Å². The van der Waals surface area contributed by atoms with Crippen LogP contribution in [0.15, 0.2) is 34.9 Å². The molecule has 0 spiro atoms. The average molecular weight is 255 g/mol. The summed E-state index contributed by atoms with van der Waals surface area (Å²) in [5.74, 6) is 0.828. The average Bonchev–Trinajstić information content (AvgIpc) is 2.75. The maximum Gasteiger partial charge on any atom is 0.138 e. The smallest absolute Gasteiger partial charge is 0.138 e. The topological polar surface area (TPSA) is 61.9 Å². The highest BCUT2D eigenvalue weighted by molar-refractivity contribution is 5.23. The number of nitrogens with one attached hydrogen (secondary N) is 1. The third kappa shape index (κ3) is 3.21. The number of aryl methyl sites for hydroxylation is 2. The van der Waals surface area contributed by atoms with E-state index in [1.165, 1.54) is 0 Å². The number of benzene rings is 1. The van der Waals surface area contributed by atoms with Gasteiger partial charge in [-0.05, 0) is 19.4 Å². The minimum absolute atomic E-state index is 0.0277. The lowest BCUT2D eigenvalue weighted by Crippen LogP contribution is -2.21. The third-order valence-corrected chi connectivity index (χ3v) is 3.20. The van der Waals surface area contributed by atoms with Crippen molar-refractivity contribution in [3.63, 3.8) is 0 Å². The van der Waals surface area contributed by atoms with E-state index in [2.05, 4.69) is 16.5 Å². The predicted molar refractivity (Wildman–Crippen MR) is 72.2 cm³/mol. The van der Waals surface area contributed by atoms with Crippen LogP contribution < -0.4 is 5.32 Å². The SMILES string of the molecule is Cc1noc(C)c1CNC(CC#N)c1ccccc1. The molecular weight excluding hydrogens is 238 g/mol. The minimum Gasteiger partial charge on any atom is -0.361 e. The summed E-state index contributed by atoms with van der Waals surface area (Å²) in [5, 5.41) is 16.3. The molecule has 1 heterocycles. The van der Waals surface area contributed by atoms with E-state index in [-0.39, 0.29) is 6.04 Å². The largest absolute Gasteiger partial charge is 0.361 e. The number of hydrogen-bond acceptors (Lipinski definition) is 4. The van der Waals surface area contributed by atoms with Crippen LogP contribution in [0.3, 0.4) is 0 Å². The van der Waals surface area contributed by atoms with Crippen molar-refractivity contribution in [3.8, 4) is 6.07 Å². The summed E-state index contributed by atoms with van der Waals surface area (Å²) in [7, 11) is 0. The molecule has 0 radical (unpaired) electrons. The van der Waals surface area contributed by atoms with Crippen LogP contribution in [0.1, 0.15) is 35.0 Å². The van der Waals surface area contributed by atoms with Crippen LogP contribution in [-0.2, 0) is 6.54 Å². The molecule has 2 aromatic rings.